The largest absolute Gasteiger partial charge is 0.392 e. The summed E-state index contributed by atoms with van der Waals surface area (Å²) in [7, 11) is 0. The summed E-state index contributed by atoms with van der Waals surface area (Å²) in [6.45, 7) is 6.82. The van der Waals surface area contributed by atoms with Gasteiger partial charge in [0.05, 0.1) is 6.10 Å². The number of nitrogens with zero attached hydrogens (tertiary/aromatic N) is 1. The van der Waals surface area contributed by atoms with E-state index in [0.717, 1.165) is 26.1 Å². The minimum atomic E-state index is -0.234. The molecule has 1 fully saturated rings. The Hall–Kier alpha value is -0.120. The predicted molar refractivity (Wildman–Crippen MR) is 49.9 cm³/mol. The van der Waals surface area contributed by atoms with Gasteiger partial charge in [0.25, 0.3) is 0 Å². The molecule has 12 heavy (non-hydrogen) atoms. The molecule has 0 aromatic rings. The Balaban J connectivity index is 2.34. The number of β-amino-alcohol motifs (C(OH)–C–C–N with tert-alkyl or cyclic N) is 1. The second-order valence-corrected chi connectivity index (χ2v) is 4.17. The van der Waals surface area contributed by atoms with E-state index in [4.69, 9.17) is 5.73 Å². The third-order valence-corrected chi connectivity index (χ3v) is 2.29. The van der Waals surface area contributed by atoms with E-state index in [-0.39, 0.29) is 6.10 Å². The van der Waals surface area contributed by atoms with Gasteiger partial charge in [-0.2, -0.15) is 0 Å². The van der Waals surface area contributed by atoms with E-state index < -0.39 is 0 Å². The first-order valence-electron chi connectivity index (χ1n) is 4.74. The number of rotatable bonds is 2. The van der Waals surface area contributed by atoms with E-state index in [1.54, 1.807) is 0 Å². The van der Waals surface area contributed by atoms with Crippen molar-refractivity contribution >= 4 is 0 Å². The van der Waals surface area contributed by atoms with E-state index in [2.05, 4.69) is 11.8 Å². The van der Waals surface area contributed by atoms with Gasteiger partial charge in [-0.3, -0.25) is 4.90 Å². The van der Waals surface area contributed by atoms with Gasteiger partial charge in [0.1, 0.15) is 0 Å². The zero-order valence-corrected chi connectivity index (χ0v) is 8.03. The van der Waals surface area contributed by atoms with Gasteiger partial charge in [0.15, 0.2) is 0 Å². The molecule has 3 N–H and O–H groups in total. The van der Waals surface area contributed by atoms with Crippen molar-refractivity contribution in [3.8, 4) is 0 Å². The van der Waals surface area contributed by atoms with E-state index in [1.165, 1.54) is 0 Å². The summed E-state index contributed by atoms with van der Waals surface area (Å²) in [5.74, 6) is 0.674. The Morgan fingerprint density at radius 2 is 2.25 bits per heavy atom. The van der Waals surface area contributed by atoms with Crippen LogP contribution in [0, 0.1) is 5.92 Å². The van der Waals surface area contributed by atoms with Gasteiger partial charge in [-0.05, 0) is 19.3 Å². The van der Waals surface area contributed by atoms with Gasteiger partial charge >= 0.3 is 0 Å². The van der Waals surface area contributed by atoms with Crippen LogP contribution < -0.4 is 5.73 Å². The van der Waals surface area contributed by atoms with Crippen LogP contribution in [0.5, 0.6) is 0 Å². The van der Waals surface area contributed by atoms with Crippen LogP contribution in [0.1, 0.15) is 20.3 Å². The first-order chi connectivity index (χ1) is 5.58. The smallest absolute Gasteiger partial charge is 0.0639 e. The van der Waals surface area contributed by atoms with Crippen molar-refractivity contribution in [2.75, 3.05) is 19.6 Å². The van der Waals surface area contributed by atoms with Gasteiger partial charge in [0, 0.05) is 25.7 Å². The molecule has 72 valence electrons. The maximum absolute atomic E-state index is 9.19. The average Bonchev–Trinajstić information content (AvgIpc) is 1.81. The lowest BCUT2D eigenvalue weighted by atomic mass is 9.96. The molecule has 3 unspecified atom stereocenters. The zero-order chi connectivity index (χ0) is 9.14. The summed E-state index contributed by atoms with van der Waals surface area (Å²) < 4.78 is 0. The highest BCUT2D eigenvalue weighted by Gasteiger charge is 2.22. The number of hydrogen-bond donors (Lipinski definition) is 2. The van der Waals surface area contributed by atoms with Crippen molar-refractivity contribution < 1.29 is 5.11 Å². The number of aliphatic hydroxyl groups excluding tert-OH is 1. The molecular weight excluding hydrogens is 152 g/mol. The fourth-order valence-corrected chi connectivity index (χ4v) is 2.04. The topological polar surface area (TPSA) is 49.5 Å². The summed E-state index contributed by atoms with van der Waals surface area (Å²) >= 11 is 0. The van der Waals surface area contributed by atoms with Crippen LogP contribution in [0.15, 0.2) is 0 Å². The molecule has 1 heterocycles. The fourth-order valence-electron chi connectivity index (χ4n) is 2.04. The molecule has 0 radical (unpaired) electrons. The summed E-state index contributed by atoms with van der Waals surface area (Å²) in [4.78, 5) is 2.25. The molecule has 0 aromatic heterocycles. The van der Waals surface area contributed by atoms with Gasteiger partial charge < -0.3 is 10.8 Å². The molecule has 0 bridgehead atoms. The summed E-state index contributed by atoms with van der Waals surface area (Å²) in [5.41, 5.74) is 5.87. The minimum Gasteiger partial charge on any atom is -0.392 e. The van der Waals surface area contributed by atoms with Gasteiger partial charge in [0.2, 0.25) is 0 Å². The minimum absolute atomic E-state index is 0.234. The van der Waals surface area contributed by atoms with Crippen molar-refractivity contribution in [2.45, 2.75) is 32.4 Å². The molecule has 0 saturated carbocycles. The third kappa shape index (κ3) is 3.09. The molecule has 1 aliphatic rings. The van der Waals surface area contributed by atoms with Crippen molar-refractivity contribution in [1.82, 2.24) is 4.90 Å². The molecule has 0 amide bonds. The van der Waals surface area contributed by atoms with E-state index in [0.29, 0.717) is 12.0 Å². The number of hydrogen-bond acceptors (Lipinski definition) is 3. The summed E-state index contributed by atoms with van der Waals surface area (Å²) in [6, 6.07) is 0.299. The Kier molecular flexibility index (Phi) is 3.50. The van der Waals surface area contributed by atoms with Crippen LogP contribution >= 0.6 is 0 Å². The van der Waals surface area contributed by atoms with Crippen LogP contribution in [0.25, 0.3) is 0 Å². The second kappa shape index (κ2) is 4.21. The van der Waals surface area contributed by atoms with Gasteiger partial charge in [-0.25, -0.2) is 0 Å². The molecule has 3 heteroatoms. The van der Waals surface area contributed by atoms with Crippen LogP contribution in [-0.4, -0.2) is 41.8 Å². The molecule has 1 rings (SSSR count). The van der Waals surface area contributed by atoms with Crippen molar-refractivity contribution in [1.29, 1.82) is 0 Å². The molecule has 0 spiro atoms. The molecule has 3 nitrogen and oxygen atoms in total. The Bertz CT molecular complexity index is 126. The van der Waals surface area contributed by atoms with E-state index >= 15 is 0 Å². The zero-order valence-electron chi connectivity index (χ0n) is 8.03. The van der Waals surface area contributed by atoms with Crippen LogP contribution in [0.2, 0.25) is 0 Å². The molecule has 1 aliphatic heterocycles. The second-order valence-electron chi connectivity index (χ2n) is 4.17. The molecule has 0 aromatic carbocycles. The standard InChI is InChI=1S/C9H20N2O/c1-7-3-9(10)6-11(4-7)5-8(2)12/h7-9,12H,3-6,10H2,1-2H3. The monoisotopic (exact) mass is 172 g/mol. The molecule has 0 aliphatic carbocycles. The third-order valence-electron chi connectivity index (χ3n) is 2.29. The van der Waals surface area contributed by atoms with Crippen molar-refractivity contribution in [2.24, 2.45) is 11.7 Å². The Labute approximate surface area is 74.5 Å². The number of piperidine rings is 1. The highest BCUT2D eigenvalue weighted by molar-refractivity contribution is 4.79. The SMILES string of the molecule is CC(O)CN1CC(C)CC(N)C1. The van der Waals surface area contributed by atoms with Crippen molar-refractivity contribution in [3.63, 3.8) is 0 Å². The Morgan fingerprint density at radius 1 is 1.58 bits per heavy atom. The number of likely N-dealkylation sites (tertiary alicyclic amines) is 1. The number of aliphatic hydroxyl groups is 1. The molecule has 3 atom stereocenters. The first kappa shape index (κ1) is 9.96. The summed E-state index contributed by atoms with van der Waals surface area (Å²) in [6.07, 6.45) is 0.888. The molecular formula is C9H20N2O. The van der Waals surface area contributed by atoms with Crippen LogP contribution in [0.4, 0.5) is 0 Å². The maximum Gasteiger partial charge on any atom is 0.0639 e. The van der Waals surface area contributed by atoms with Gasteiger partial charge in [-0.15, -0.1) is 0 Å². The van der Waals surface area contributed by atoms with Gasteiger partial charge in [-0.1, -0.05) is 6.92 Å². The highest BCUT2D eigenvalue weighted by Crippen LogP contribution is 2.14. The van der Waals surface area contributed by atoms with E-state index in [9.17, 15) is 5.11 Å². The quantitative estimate of drug-likeness (QED) is 0.618. The predicted octanol–water partition coefficient (Wildman–Crippen LogP) is 0.0363. The number of nitrogens with two attached hydrogens (primary N) is 1. The van der Waals surface area contributed by atoms with Crippen LogP contribution in [0.3, 0.4) is 0 Å². The lowest BCUT2D eigenvalue weighted by molar-refractivity contribution is 0.0909. The fraction of sp³-hybridized carbons (Fsp3) is 1.00. The normalized spacial score (nSPS) is 35.0. The first-order valence-corrected chi connectivity index (χ1v) is 4.74. The van der Waals surface area contributed by atoms with E-state index in [1.807, 2.05) is 6.92 Å². The summed E-state index contributed by atoms with van der Waals surface area (Å²) in [5, 5.41) is 9.19. The highest BCUT2D eigenvalue weighted by atomic mass is 16.3. The molecule has 1 saturated heterocycles. The Morgan fingerprint density at radius 3 is 2.75 bits per heavy atom. The van der Waals surface area contributed by atoms with Crippen molar-refractivity contribution in [3.05, 3.63) is 0 Å². The maximum atomic E-state index is 9.19. The average molecular weight is 172 g/mol. The lowest BCUT2D eigenvalue weighted by Crippen LogP contribution is -2.48. The lowest BCUT2D eigenvalue weighted by Gasteiger charge is -2.35. The van der Waals surface area contributed by atoms with Crippen LogP contribution in [-0.2, 0) is 0 Å².